The number of hydrogen-bond donors (Lipinski definition) is 1. The van der Waals surface area contributed by atoms with Crippen LogP contribution in [0.1, 0.15) is 0 Å². The van der Waals surface area contributed by atoms with Gasteiger partial charge in [-0.3, -0.25) is 0 Å². The van der Waals surface area contributed by atoms with E-state index in [1.807, 2.05) is 42.5 Å². The first-order valence-electron chi connectivity index (χ1n) is 7.01. The molecule has 116 valence electrons. The molecule has 23 heavy (non-hydrogen) atoms. The molecule has 0 saturated carbocycles. The summed E-state index contributed by atoms with van der Waals surface area (Å²) in [5.74, 6) is 0.288. The second kappa shape index (κ2) is 6.14. The number of nitrogens with two attached hydrogens (primary N) is 1. The summed E-state index contributed by atoms with van der Waals surface area (Å²) in [5, 5.41) is 0. The Bertz CT molecular complexity index is 905. The smallest absolute Gasteiger partial charge is 0.339 e. The van der Waals surface area contributed by atoms with E-state index in [0.29, 0.717) is 11.3 Å². The minimum absolute atomic E-state index is 0.0644. The van der Waals surface area contributed by atoms with Crippen molar-refractivity contribution >= 4 is 15.8 Å². The van der Waals surface area contributed by atoms with E-state index in [1.165, 1.54) is 24.3 Å². The van der Waals surface area contributed by atoms with Crippen molar-refractivity contribution in [1.29, 1.82) is 0 Å². The zero-order chi connectivity index (χ0) is 16.3. The summed E-state index contributed by atoms with van der Waals surface area (Å²) in [6, 6.07) is 22.4. The molecule has 3 aromatic carbocycles. The van der Waals surface area contributed by atoms with Crippen molar-refractivity contribution in [1.82, 2.24) is 0 Å². The van der Waals surface area contributed by atoms with E-state index in [4.69, 9.17) is 9.92 Å². The number of rotatable bonds is 4. The third-order valence-electron chi connectivity index (χ3n) is 3.34. The third-order valence-corrected chi connectivity index (χ3v) is 4.59. The maximum atomic E-state index is 12.4. The number of hydrogen-bond acceptors (Lipinski definition) is 4. The lowest BCUT2D eigenvalue weighted by molar-refractivity contribution is 0.487. The zero-order valence-electron chi connectivity index (χ0n) is 12.2. The molecule has 0 spiro atoms. The molecule has 3 aromatic rings. The van der Waals surface area contributed by atoms with E-state index in [1.54, 1.807) is 12.1 Å². The first-order valence-corrected chi connectivity index (χ1v) is 8.41. The molecule has 0 bridgehead atoms. The monoisotopic (exact) mass is 325 g/mol. The number of para-hydroxylation sites is 1. The van der Waals surface area contributed by atoms with Crippen molar-refractivity contribution in [3.05, 3.63) is 78.9 Å². The molecule has 0 radical (unpaired) electrons. The Morgan fingerprint density at radius 3 is 2.04 bits per heavy atom. The lowest BCUT2D eigenvalue weighted by Gasteiger charge is -2.11. The van der Waals surface area contributed by atoms with Crippen LogP contribution in [0.3, 0.4) is 0 Å². The summed E-state index contributed by atoms with van der Waals surface area (Å²) in [7, 11) is -3.92. The highest BCUT2D eigenvalue weighted by Crippen LogP contribution is 2.31. The Hall–Kier alpha value is -2.79. The standard InChI is InChI=1S/C18H15NO3S/c19-15-10-12-16(13-11-15)23(20,21)22-18-9-5-4-8-17(18)14-6-2-1-3-7-14/h1-13H,19H2. The van der Waals surface area contributed by atoms with Crippen LogP contribution >= 0.6 is 0 Å². The topological polar surface area (TPSA) is 69.4 Å². The molecule has 0 fully saturated rings. The fraction of sp³-hybridized carbons (Fsp3) is 0. The van der Waals surface area contributed by atoms with Crippen LogP contribution in [-0.4, -0.2) is 8.42 Å². The predicted molar refractivity (Wildman–Crippen MR) is 90.5 cm³/mol. The van der Waals surface area contributed by atoms with Gasteiger partial charge in [-0.2, -0.15) is 8.42 Å². The van der Waals surface area contributed by atoms with E-state index in [-0.39, 0.29) is 10.6 Å². The van der Waals surface area contributed by atoms with Gasteiger partial charge in [0, 0.05) is 11.3 Å². The average molecular weight is 325 g/mol. The van der Waals surface area contributed by atoms with Gasteiger partial charge in [0.25, 0.3) is 0 Å². The van der Waals surface area contributed by atoms with Gasteiger partial charge in [-0.15, -0.1) is 0 Å². The molecule has 4 nitrogen and oxygen atoms in total. The molecule has 0 aliphatic rings. The van der Waals surface area contributed by atoms with Crippen LogP contribution in [0.25, 0.3) is 11.1 Å². The second-order valence-electron chi connectivity index (χ2n) is 4.97. The highest BCUT2D eigenvalue weighted by atomic mass is 32.2. The van der Waals surface area contributed by atoms with Gasteiger partial charge in [0.05, 0.1) is 0 Å². The largest absolute Gasteiger partial charge is 0.399 e. The van der Waals surface area contributed by atoms with Gasteiger partial charge < -0.3 is 9.92 Å². The fourth-order valence-electron chi connectivity index (χ4n) is 2.20. The van der Waals surface area contributed by atoms with Gasteiger partial charge >= 0.3 is 10.1 Å². The molecular weight excluding hydrogens is 310 g/mol. The minimum atomic E-state index is -3.92. The summed E-state index contributed by atoms with van der Waals surface area (Å²) < 4.78 is 30.2. The van der Waals surface area contributed by atoms with Crippen LogP contribution in [0, 0.1) is 0 Å². The van der Waals surface area contributed by atoms with Crippen LogP contribution in [0.4, 0.5) is 5.69 Å². The first-order chi connectivity index (χ1) is 11.1. The molecular formula is C18H15NO3S. The highest BCUT2D eigenvalue weighted by molar-refractivity contribution is 7.87. The normalized spacial score (nSPS) is 11.1. The van der Waals surface area contributed by atoms with Crippen LogP contribution in [0.5, 0.6) is 5.75 Å². The minimum Gasteiger partial charge on any atom is -0.399 e. The average Bonchev–Trinajstić information content (AvgIpc) is 2.56. The summed E-state index contributed by atoms with van der Waals surface area (Å²) in [5.41, 5.74) is 7.68. The van der Waals surface area contributed by atoms with Crippen molar-refractivity contribution < 1.29 is 12.6 Å². The lowest BCUT2D eigenvalue weighted by Crippen LogP contribution is -2.10. The zero-order valence-corrected chi connectivity index (χ0v) is 13.0. The van der Waals surface area contributed by atoms with Crippen LogP contribution in [0.2, 0.25) is 0 Å². The summed E-state index contributed by atoms with van der Waals surface area (Å²) >= 11 is 0. The van der Waals surface area contributed by atoms with E-state index < -0.39 is 10.1 Å². The molecule has 0 aliphatic heterocycles. The van der Waals surface area contributed by atoms with Gasteiger partial charge in [-0.05, 0) is 35.9 Å². The Labute approximate surface area is 135 Å². The maximum absolute atomic E-state index is 12.4. The molecule has 0 atom stereocenters. The van der Waals surface area contributed by atoms with Crippen molar-refractivity contribution in [2.45, 2.75) is 4.90 Å². The SMILES string of the molecule is Nc1ccc(S(=O)(=O)Oc2ccccc2-c2ccccc2)cc1. The molecule has 0 heterocycles. The molecule has 0 amide bonds. The lowest BCUT2D eigenvalue weighted by atomic mass is 10.1. The van der Waals surface area contributed by atoms with E-state index >= 15 is 0 Å². The van der Waals surface area contributed by atoms with Crippen molar-refractivity contribution in [2.75, 3.05) is 5.73 Å². The van der Waals surface area contributed by atoms with Crippen LogP contribution < -0.4 is 9.92 Å². The van der Waals surface area contributed by atoms with Gasteiger partial charge in [0.1, 0.15) is 4.90 Å². The third kappa shape index (κ3) is 3.35. The summed E-state index contributed by atoms with van der Waals surface area (Å²) in [6.45, 7) is 0. The Balaban J connectivity index is 1.99. The van der Waals surface area contributed by atoms with Crippen LogP contribution in [0.15, 0.2) is 83.8 Å². The number of anilines is 1. The van der Waals surface area contributed by atoms with Crippen LogP contribution in [-0.2, 0) is 10.1 Å². The predicted octanol–water partition coefficient (Wildman–Crippen LogP) is 3.70. The van der Waals surface area contributed by atoms with Gasteiger partial charge in [0.2, 0.25) is 0 Å². The highest BCUT2D eigenvalue weighted by Gasteiger charge is 2.18. The summed E-state index contributed by atoms with van der Waals surface area (Å²) in [6.07, 6.45) is 0. The van der Waals surface area contributed by atoms with Gasteiger partial charge in [-0.25, -0.2) is 0 Å². The molecule has 5 heteroatoms. The number of benzene rings is 3. The first kappa shape index (κ1) is 15.1. The Morgan fingerprint density at radius 1 is 0.739 bits per heavy atom. The van der Waals surface area contributed by atoms with E-state index in [2.05, 4.69) is 0 Å². The molecule has 0 aliphatic carbocycles. The summed E-state index contributed by atoms with van der Waals surface area (Å²) in [4.78, 5) is 0.0644. The molecule has 2 N–H and O–H groups in total. The Morgan fingerprint density at radius 2 is 1.35 bits per heavy atom. The fourth-order valence-corrected chi connectivity index (χ4v) is 3.14. The van der Waals surface area contributed by atoms with Gasteiger partial charge in [0.15, 0.2) is 5.75 Å². The molecule has 0 aromatic heterocycles. The maximum Gasteiger partial charge on any atom is 0.339 e. The Kier molecular flexibility index (Phi) is 4.04. The van der Waals surface area contributed by atoms with Crippen molar-refractivity contribution in [3.8, 4) is 16.9 Å². The van der Waals surface area contributed by atoms with E-state index in [0.717, 1.165) is 5.56 Å². The molecule has 0 unspecified atom stereocenters. The molecule has 3 rings (SSSR count). The van der Waals surface area contributed by atoms with E-state index in [9.17, 15) is 8.42 Å². The van der Waals surface area contributed by atoms with Crippen molar-refractivity contribution in [3.63, 3.8) is 0 Å². The van der Waals surface area contributed by atoms with Gasteiger partial charge in [-0.1, -0.05) is 48.5 Å². The quantitative estimate of drug-likeness (QED) is 0.586. The second-order valence-corrected chi connectivity index (χ2v) is 6.51. The van der Waals surface area contributed by atoms with Crippen molar-refractivity contribution in [2.24, 2.45) is 0 Å². The number of nitrogen functional groups attached to an aromatic ring is 1. The molecule has 0 saturated heterocycles.